The quantitative estimate of drug-likeness (QED) is 0.431. The standard InChI is InChI=1S/C16H16F5NO4/c1-4-5-26-15(24)22(2)12(14(23)25-3)8-9-6-10(17)13(11(18)7-9)16(19,20)21/h4,6-7,12H,1,5,8H2,2-3H3. The zero-order valence-electron chi connectivity index (χ0n) is 13.9. The van der Waals surface area contributed by atoms with Crippen LogP contribution in [-0.4, -0.2) is 43.8 Å². The number of nitrogens with zero attached hydrogens (tertiary/aromatic N) is 1. The molecule has 0 aliphatic rings. The molecule has 1 aromatic rings. The number of halogens is 5. The maximum absolute atomic E-state index is 13.7. The van der Waals surface area contributed by atoms with E-state index in [1.165, 1.54) is 13.1 Å². The Morgan fingerprint density at radius 2 is 1.81 bits per heavy atom. The van der Waals surface area contributed by atoms with Crippen molar-refractivity contribution in [3.8, 4) is 0 Å². The highest BCUT2D eigenvalue weighted by Crippen LogP contribution is 2.34. The van der Waals surface area contributed by atoms with Gasteiger partial charge in [-0.1, -0.05) is 12.7 Å². The molecule has 0 radical (unpaired) electrons. The number of hydrogen-bond donors (Lipinski definition) is 0. The van der Waals surface area contributed by atoms with Gasteiger partial charge in [0.25, 0.3) is 0 Å². The Morgan fingerprint density at radius 3 is 2.23 bits per heavy atom. The summed E-state index contributed by atoms with van der Waals surface area (Å²) in [5.41, 5.74) is -2.30. The van der Waals surface area contributed by atoms with Crippen molar-refractivity contribution in [3.63, 3.8) is 0 Å². The lowest BCUT2D eigenvalue weighted by Crippen LogP contribution is -2.44. The Balaban J connectivity index is 3.15. The van der Waals surface area contributed by atoms with E-state index < -0.39 is 47.9 Å². The zero-order chi connectivity index (χ0) is 20.1. The van der Waals surface area contributed by atoms with Crippen molar-refractivity contribution in [3.05, 3.63) is 47.5 Å². The molecule has 0 saturated heterocycles. The van der Waals surface area contributed by atoms with E-state index in [0.717, 1.165) is 12.0 Å². The van der Waals surface area contributed by atoms with Gasteiger partial charge in [0.15, 0.2) is 0 Å². The third kappa shape index (κ3) is 5.17. The van der Waals surface area contributed by atoms with Crippen LogP contribution in [0.25, 0.3) is 0 Å². The molecule has 0 heterocycles. The summed E-state index contributed by atoms with van der Waals surface area (Å²) >= 11 is 0. The van der Waals surface area contributed by atoms with Crippen LogP contribution in [0.15, 0.2) is 24.8 Å². The Morgan fingerprint density at radius 1 is 1.27 bits per heavy atom. The fourth-order valence-corrected chi connectivity index (χ4v) is 2.11. The minimum atomic E-state index is -5.21. The lowest BCUT2D eigenvalue weighted by Gasteiger charge is -2.25. The number of methoxy groups -OCH3 is 1. The molecule has 1 aromatic carbocycles. The molecule has 0 N–H and O–H groups in total. The molecule has 0 bridgehead atoms. The SMILES string of the molecule is C=CCOC(=O)N(C)C(Cc1cc(F)c(C(F)(F)F)c(F)c1)C(=O)OC. The summed E-state index contributed by atoms with van der Waals surface area (Å²) in [7, 11) is 2.19. The van der Waals surface area contributed by atoms with E-state index in [9.17, 15) is 31.5 Å². The van der Waals surface area contributed by atoms with Gasteiger partial charge < -0.3 is 9.47 Å². The predicted molar refractivity (Wildman–Crippen MR) is 80.2 cm³/mol. The fourth-order valence-electron chi connectivity index (χ4n) is 2.11. The maximum atomic E-state index is 13.7. The summed E-state index contributed by atoms with van der Waals surface area (Å²) in [4.78, 5) is 24.5. The minimum absolute atomic E-state index is 0.152. The fraction of sp³-hybridized carbons (Fsp3) is 0.375. The molecule has 5 nitrogen and oxygen atoms in total. The predicted octanol–water partition coefficient (Wildman–Crippen LogP) is 3.32. The van der Waals surface area contributed by atoms with Gasteiger partial charge >= 0.3 is 18.2 Å². The molecule has 0 spiro atoms. The molecule has 0 aromatic heterocycles. The molecular weight excluding hydrogens is 365 g/mol. The largest absolute Gasteiger partial charge is 0.467 e. The van der Waals surface area contributed by atoms with Crippen molar-refractivity contribution in [2.45, 2.75) is 18.6 Å². The number of rotatable bonds is 6. The van der Waals surface area contributed by atoms with Gasteiger partial charge in [-0.3, -0.25) is 4.90 Å². The van der Waals surface area contributed by atoms with Crippen molar-refractivity contribution >= 4 is 12.1 Å². The Kier molecular flexibility index (Phi) is 7.10. The molecule has 26 heavy (non-hydrogen) atoms. The number of carbonyl (C=O) groups is 2. The van der Waals surface area contributed by atoms with Crippen LogP contribution in [0.3, 0.4) is 0 Å². The van der Waals surface area contributed by atoms with E-state index in [-0.39, 0.29) is 12.2 Å². The van der Waals surface area contributed by atoms with Gasteiger partial charge in [0, 0.05) is 13.5 Å². The molecule has 0 aliphatic heterocycles. The highest BCUT2D eigenvalue weighted by molar-refractivity contribution is 5.81. The van der Waals surface area contributed by atoms with Crippen LogP contribution in [0, 0.1) is 11.6 Å². The molecule has 1 atom stereocenters. The summed E-state index contributed by atoms with van der Waals surface area (Å²) in [5.74, 6) is -4.59. The molecule has 0 fully saturated rings. The van der Waals surface area contributed by atoms with E-state index in [1.54, 1.807) is 0 Å². The number of ether oxygens (including phenoxy) is 2. The number of esters is 1. The summed E-state index contributed by atoms with van der Waals surface area (Å²) in [5, 5.41) is 0. The second-order valence-electron chi connectivity index (χ2n) is 5.15. The Hall–Kier alpha value is -2.65. The molecule has 10 heteroatoms. The lowest BCUT2D eigenvalue weighted by molar-refractivity contribution is -0.146. The summed E-state index contributed by atoms with van der Waals surface area (Å²) in [6.45, 7) is 3.19. The molecule has 0 saturated carbocycles. The molecular formula is C16H16F5NO4. The van der Waals surface area contributed by atoms with Gasteiger partial charge in [0.2, 0.25) is 0 Å². The first-order chi connectivity index (χ1) is 12.0. The lowest BCUT2D eigenvalue weighted by atomic mass is 10.0. The molecule has 1 rings (SSSR count). The maximum Gasteiger partial charge on any atom is 0.422 e. The second-order valence-corrected chi connectivity index (χ2v) is 5.15. The molecule has 144 valence electrons. The topological polar surface area (TPSA) is 55.8 Å². The monoisotopic (exact) mass is 381 g/mol. The van der Waals surface area contributed by atoms with Crippen LogP contribution in [-0.2, 0) is 26.9 Å². The van der Waals surface area contributed by atoms with Gasteiger partial charge in [0.1, 0.15) is 29.8 Å². The minimum Gasteiger partial charge on any atom is -0.467 e. The van der Waals surface area contributed by atoms with Crippen molar-refractivity contribution in [1.29, 1.82) is 0 Å². The first-order valence-corrected chi connectivity index (χ1v) is 7.16. The number of likely N-dealkylation sites (N-methyl/N-ethyl adjacent to an activating group) is 1. The molecule has 1 amide bonds. The van der Waals surface area contributed by atoms with E-state index in [4.69, 9.17) is 4.74 Å². The highest BCUT2D eigenvalue weighted by Gasteiger charge is 2.38. The van der Waals surface area contributed by atoms with Gasteiger partial charge in [-0.05, 0) is 17.7 Å². The van der Waals surface area contributed by atoms with E-state index in [1.807, 2.05) is 0 Å². The third-order valence-corrected chi connectivity index (χ3v) is 3.37. The van der Waals surface area contributed by atoms with Gasteiger partial charge in [-0.2, -0.15) is 13.2 Å². The first-order valence-electron chi connectivity index (χ1n) is 7.16. The van der Waals surface area contributed by atoms with Gasteiger partial charge in [-0.15, -0.1) is 0 Å². The Labute approximate surface area is 146 Å². The summed E-state index contributed by atoms with van der Waals surface area (Å²) < 4.78 is 74.4. The first kappa shape index (κ1) is 21.4. The summed E-state index contributed by atoms with van der Waals surface area (Å²) in [6, 6.07) is -0.469. The zero-order valence-corrected chi connectivity index (χ0v) is 13.9. The van der Waals surface area contributed by atoms with E-state index in [2.05, 4.69) is 11.3 Å². The average Bonchev–Trinajstić information content (AvgIpc) is 2.54. The number of alkyl halides is 3. The molecule has 0 aliphatic carbocycles. The van der Waals surface area contributed by atoms with E-state index >= 15 is 0 Å². The van der Waals surface area contributed by atoms with Crippen molar-refractivity contribution in [2.75, 3.05) is 20.8 Å². The second kappa shape index (κ2) is 8.63. The summed E-state index contributed by atoms with van der Waals surface area (Å²) in [6.07, 6.45) is -5.37. The van der Waals surface area contributed by atoms with Crippen LogP contribution >= 0.6 is 0 Å². The highest BCUT2D eigenvalue weighted by atomic mass is 19.4. The number of amides is 1. The van der Waals surface area contributed by atoms with Crippen LogP contribution < -0.4 is 0 Å². The van der Waals surface area contributed by atoms with Crippen molar-refractivity contribution < 1.29 is 41.0 Å². The Bertz CT molecular complexity index is 667. The number of hydrogen-bond acceptors (Lipinski definition) is 4. The number of carbonyl (C=O) groups excluding carboxylic acids is 2. The van der Waals surface area contributed by atoms with Gasteiger partial charge in [0.05, 0.1) is 7.11 Å². The van der Waals surface area contributed by atoms with Crippen molar-refractivity contribution in [2.24, 2.45) is 0 Å². The average molecular weight is 381 g/mol. The van der Waals surface area contributed by atoms with Crippen LogP contribution in [0.4, 0.5) is 26.7 Å². The van der Waals surface area contributed by atoms with Crippen LogP contribution in [0.1, 0.15) is 11.1 Å². The smallest absolute Gasteiger partial charge is 0.422 e. The van der Waals surface area contributed by atoms with Crippen LogP contribution in [0.5, 0.6) is 0 Å². The number of benzene rings is 1. The van der Waals surface area contributed by atoms with Crippen molar-refractivity contribution in [1.82, 2.24) is 4.90 Å². The van der Waals surface area contributed by atoms with Gasteiger partial charge in [-0.25, -0.2) is 18.4 Å². The van der Waals surface area contributed by atoms with E-state index in [0.29, 0.717) is 12.1 Å². The third-order valence-electron chi connectivity index (χ3n) is 3.37. The van der Waals surface area contributed by atoms with Crippen LogP contribution in [0.2, 0.25) is 0 Å². The molecule has 1 unspecified atom stereocenters. The normalized spacial score (nSPS) is 12.3.